The minimum Gasteiger partial charge on any atom is -0.462 e. The first-order valence-corrected chi connectivity index (χ1v) is 10.5. The molecule has 8 heteroatoms. The zero-order chi connectivity index (χ0) is 26.1. The van der Waals surface area contributed by atoms with Gasteiger partial charge in [-0.05, 0) is 56.2 Å². The Hall–Kier alpha value is -4.46. The highest BCUT2D eigenvalue weighted by atomic mass is 16.6. The monoisotopic (exact) mass is 478 g/mol. The van der Waals surface area contributed by atoms with Gasteiger partial charge in [0.05, 0.1) is 6.42 Å². The Balaban J connectivity index is 2.22. The average Bonchev–Trinajstić information content (AvgIpc) is 2.80. The zero-order valence-corrected chi connectivity index (χ0v) is 19.8. The van der Waals surface area contributed by atoms with Gasteiger partial charge in [0.1, 0.15) is 12.4 Å². The Labute approximate surface area is 203 Å². The third-order valence-electron chi connectivity index (χ3n) is 4.35. The van der Waals surface area contributed by atoms with Crippen molar-refractivity contribution < 1.29 is 38.1 Å². The molecule has 35 heavy (non-hydrogen) atoms. The highest BCUT2D eigenvalue weighted by molar-refractivity contribution is 5.90. The molecule has 0 aliphatic rings. The second-order valence-electron chi connectivity index (χ2n) is 7.67. The van der Waals surface area contributed by atoms with Crippen molar-refractivity contribution in [1.29, 1.82) is 0 Å². The van der Waals surface area contributed by atoms with E-state index >= 15 is 0 Å². The molecule has 0 aliphatic heterocycles. The molecule has 0 saturated carbocycles. The molecule has 0 atom stereocenters. The summed E-state index contributed by atoms with van der Waals surface area (Å²) < 4.78 is 20.7. The summed E-state index contributed by atoms with van der Waals surface area (Å²) in [5.41, 5.74) is 2.00. The first kappa shape index (κ1) is 26.8. The maximum Gasteiger partial charge on any atom is 0.338 e. The number of esters is 4. The number of benzene rings is 2. The van der Waals surface area contributed by atoms with Crippen LogP contribution in [0.15, 0.2) is 78.9 Å². The highest BCUT2D eigenvalue weighted by Gasteiger charge is 2.17. The van der Waals surface area contributed by atoms with Gasteiger partial charge < -0.3 is 18.9 Å². The van der Waals surface area contributed by atoms with Crippen molar-refractivity contribution in [3.8, 4) is 28.4 Å². The number of rotatable bonds is 10. The van der Waals surface area contributed by atoms with Gasteiger partial charge >= 0.3 is 23.9 Å². The first-order valence-electron chi connectivity index (χ1n) is 10.5. The van der Waals surface area contributed by atoms with E-state index in [-0.39, 0.29) is 41.2 Å². The third kappa shape index (κ3) is 8.12. The van der Waals surface area contributed by atoms with Crippen molar-refractivity contribution in [2.45, 2.75) is 27.2 Å². The van der Waals surface area contributed by atoms with E-state index in [0.29, 0.717) is 11.3 Å². The summed E-state index contributed by atoms with van der Waals surface area (Å²) in [5.74, 6) is -2.19. The van der Waals surface area contributed by atoms with E-state index < -0.39 is 23.9 Å². The summed E-state index contributed by atoms with van der Waals surface area (Å²) in [6, 6.07) is 11.3. The van der Waals surface area contributed by atoms with Gasteiger partial charge in [-0.15, -0.1) is 0 Å². The average molecular weight is 478 g/mol. The Morgan fingerprint density at radius 3 is 1.77 bits per heavy atom. The summed E-state index contributed by atoms with van der Waals surface area (Å²) in [5, 5.41) is 0. The lowest BCUT2D eigenvalue weighted by atomic mass is 10.0. The normalized spacial score (nSPS) is 10.0. The van der Waals surface area contributed by atoms with Crippen LogP contribution in [0.4, 0.5) is 0 Å². The molecule has 0 heterocycles. The number of carbonyl (C=O) groups is 4. The fourth-order valence-corrected chi connectivity index (χ4v) is 2.47. The Kier molecular flexibility index (Phi) is 9.28. The smallest absolute Gasteiger partial charge is 0.338 e. The molecule has 0 aromatic heterocycles. The summed E-state index contributed by atoms with van der Waals surface area (Å²) in [4.78, 5) is 47.5. The number of hydrogen-bond donors (Lipinski definition) is 0. The number of hydrogen-bond acceptors (Lipinski definition) is 8. The van der Waals surface area contributed by atoms with E-state index in [1.807, 2.05) is 0 Å². The largest absolute Gasteiger partial charge is 0.462 e. The molecule has 0 amide bonds. The molecule has 8 nitrogen and oxygen atoms in total. The molecule has 2 aromatic carbocycles. The lowest BCUT2D eigenvalue weighted by molar-refractivity contribution is -0.142. The maximum absolute atomic E-state index is 12.2. The van der Waals surface area contributed by atoms with Crippen LogP contribution >= 0.6 is 0 Å². The zero-order valence-electron chi connectivity index (χ0n) is 19.8. The summed E-state index contributed by atoms with van der Waals surface area (Å²) in [6.45, 7) is 14.9. The molecule has 0 radical (unpaired) electrons. The molecule has 0 spiro atoms. The minimum atomic E-state index is -0.697. The van der Waals surface area contributed by atoms with Crippen LogP contribution in [0.2, 0.25) is 0 Å². The number of ether oxygens (including phenoxy) is 4. The predicted octanol–water partition coefficient (Wildman–Crippen LogP) is 4.73. The van der Waals surface area contributed by atoms with Crippen LogP contribution in [0.1, 0.15) is 27.2 Å². The molecule has 0 saturated heterocycles. The minimum absolute atomic E-state index is 0.000525. The Bertz CT molecular complexity index is 1190. The Morgan fingerprint density at radius 1 is 0.657 bits per heavy atom. The van der Waals surface area contributed by atoms with E-state index in [1.54, 1.807) is 37.3 Å². The van der Waals surface area contributed by atoms with Crippen molar-refractivity contribution in [2.24, 2.45) is 0 Å². The molecule has 0 fully saturated rings. The van der Waals surface area contributed by atoms with E-state index in [0.717, 1.165) is 5.56 Å². The van der Waals surface area contributed by atoms with Crippen LogP contribution in [0.5, 0.6) is 17.2 Å². The van der Waals surface area contributed by atoms with Crippen molar-refractivity contribution in [3.05, 3.63) is 78.9 Å². The lowest BCUT2D eigenvalue weighted by Crippen LogP contribution is -2.15. The molecule has 0 N–H and O–H groups in total. The lowest BCUT2D eigenvalue weighted by Gasteiger charge is -2.13. The standard InChI is InChI=1S/C27H26O8/c1-16(2)25(29)32-14-13-24(28)34-22-12-9-20(15-23(22)35-27(31)18(5)6)19-7-10-21(11-8-19)33-26(30)17(3)4/h7-12,15H,1,3,5,13-14H2,2,4,6H3. The van der Waals surface area contributed by atoms with Crippen LogP contribution in [0.25, 0.3) is 11.1 Å². The molecule has 182 valence electrons. The SMILES string of the molecule is C=C(C)C(=O)OCCC(=O)Oc1ccc(-c2ccc(OC(=O)C(=C)C)cc2)cc1OC(=O)C(=C)C. The predicted molar refractivity (Wildman–Crippen MR) is 129 cm³/mol. The molecular weight excluding hydrogens is 452 g/mol. The second-order valence-corrected chi connectivity index (χ2v) is 7.67. The summed E-state index contributed by atoms with van der Waals surface area (Å²) in [7, 11) is 0. The molecule has 0 aliphatic carbocycles. The third-order valence-corrected chi connectivity index (χ3v) is 4.35. The van der Waals surface area contributed by atoms with E-state index in [4.69, 9.17) is 18.9 Å². The van der Waals surface area contributed by atoms with E-state index in [9.17, 15) is 19.2 Å². The molecule has 0 bridgehead atoms. The first-order chi connectivity index (χ1) is 16.5. The van der Waals surface area contributed by atoms with Crippen molar-refractivity contribution >= 4 is 23.9 Å². The van der Waals surface area contributed by atoms with Gasteiger partial charge in [-0.1, -0.05) is 37.9 Å². The summed E-state index contributed by atoms with van der Waals surface area (Å²) in [6.07, 6.45) is -0.209. The second kappa shape index (κ2) is 12.1. The van der Waals surface area contributed by atoms with Gasteiger partial charge in [0.2, 0.25) is 0 Å². The van der Waals surface area contributed by atoms with Crippen molar-refractivity contribution in [1.82, 2.24) is 0 Å². The Morgan fingerprint density at radius 2 is 1.20 bits per heavy atom. The van der Waals surface area contributed by atoms with Gasteiger partial charge in [0, 0.05) is 16.7 Å². The quantitative estimate of drug-likeness (QED) is 0.274. The summed E-state index contributed by atoms with van der Waals surface area (Å²) >= 11 is 0. The van der Waals surface area contributed by atoms with Gasteiger partial charge in [0.15, 0.2) is 11.5 Å². The topological polar surface area (TPSA) is 105 Å². The number of carbonyl (C=O) groups excluding carboxylic acids is 4. The fourth-order valence-electron chi connectivity index (χ4n) is 2.47. The van der Waals surface area contributed by atoms with E-state index in [1.165, 1.54) is 26.0 Å². The van der Waals surface area contributed by atoms with Crippen LogP contribution in [0.3, 0.4) is 0 Å². The molecular formula is C27H26O8. The van der Waals surface area contributed by atoms with Gasteiger partial charge in [0.25, 0.3) is 0 Å². The van der Waals surface area contributed by atoms with Crippen LogP contribution in [-0.4, -0.2) is 30.5 Å². The maximum atomic E-state index is 12.2. The van der Waals surface area contributed by atoms with Gasteiger partial charge in [-0.3, -0.25) is 4.79 Å². The van der Waals surface area contributed by atoms with Gasteiger partial charge in [-0.2, -0.15) is 0 Å². The van der Waals surface area contributed by atoms with E-state index in [2.05, 4.69) is 19.7 Å². The van der Waals surface area contributed by atoms with Crippen molar-refractivity contribution in [2.75, 3.05) is 6.61 Å². The fraction of sp³-hybridized carbons (Fsp3) is 0.185. The van der Waals surface area contributed by atoms with Crippen LogP contribution < -0.4 is 14.2 Å². The van der Waals surface area contributed by atoms with Gasteiger partial charge in [-0.25, -0.2) is 14.4 Å². The molecule has 2 aromatic rings. The van der Waals surface area contributed by atoms with Crippen LogP contribution in [0, 0.1) is 0 Å². The highest BCUT2D eigenvalue weighted by Crippen LogP contribution is 2.34. The van der Waals surface area contributed by atoms with Crippen LogP contribution in [-0.2, 0) is 23.9 Å². The molecule has 0 unspecified atom stereocenters. The van der Waals surface area contributed by atoms with Crippen molar-refractivity contribution in [3.63, 3.8) is 0 Å². The molecule has 2 rings (SSSR count).